The Bertz CT molecular complexity index is 387. The van der Waals surface area contributed by atoms with Gasteiger partial charge in [-0.05, 0) is 55.6 Å². The van der Waals surface area contributed by atoms with Crippen molar-refractivity contribution in [2.24, 2.45) is 5.92 Å². The largest absolute Gasteiger partial charge is 0.360 e. The van der Waals surface area contributed by atoms with Gasteiger partial charge in [-0.25, -0.2) is 4.39 Å². The van der Waals surface area contributed by atoms with Gasteiger partial charge in [-0.15, -0.1) is 0 Å². The second-order valence-corrected chi connectivity index (χ2v) is 4.99. The molecule has 2 rings (SSSR count). The third kappa shape index (κ3) is 3.97. The average molecular weight is 252 g/mol. The maximum absolute atomic E-state index is 12.7. The van der Waals surface area contributed by atoms with Crippen molar-refractivity contribution in [3.63, 3.8) is 0 Å². The molecule has 1 aliphatic carbocycles. The van der Waals surface area contributed by atoms with E-state index in [2.05, 4.69) is 17.6 Å². The fraction of sp³-hybridized carbons (Fsp3) is 0.462. The van der Waals surface area contributed by atoms with E-state index in [1.807, 2.05) is 0 Å². The molecule has 0 unspecified atom stereocenters. The number of rotatable bonds is 4. The second-order valence-electron chi connectivity index (χ2n) is 4.58. The molecule has 0 aromatic heterocycles. The van der Waals surface area contributed by atoms with Gasteiger partial charge in [-0.1, -0.05) is 12.1 Å². The predicted molar refractivity (Wildman–Crippen MR) is 71.2 cm³/mol. The first-order valence-electron chi connectivity index (χ1n) is 5.94. The molecular weight excluding hydrogens is 235 g/mol. The molecule has 1 saturated carbocycles. The van der Waals surface area contributed by atoms with Gasteiger partial charge in [-0.3, -0.25) is 0 Å². The molecule has 0 spiro atoms. The first-order chi connectivity index (χ1) is 8.15. The monoisotopic (exact) mass is 252 g/mol. The van der Waals surface area contributed by atoms with E-state index in [0.29, 0.717) is 17.7 Å². The van der Waals surface area contributed by atoms with Crippen molar-refractivity contribution in [3.05, 3.63) is 35.6 Å². The van der Waals surface area contributed by atoms with E-state index in [-0.39, 0.29) is 5.82 Å². The Kier molecular flexibility index (Phi) is 3.94. The Labute approximate surface area is 107 Å². The SMILES string of the molecule is C[C@@H](NC(=S)NCc1ccc(F)cc1)C1CC1. The van der Waals surface area contributed by atoms with E-state index in [9.17, 15) is 4.39 Å². The molecule has 1 atom stereocenters. The van der Waals surface area contributed by atoms with Crippen LogP contribution in [0.15, 0.2) is 24.3 Å². The summed E-state index contributed by atoms with van der Waals surface area (Å²) in [5, 5.41) is 7.07. The van der Waals surface area contributed by atoms with Crippen LogP contribution in [-0.4, -0.2) is 11.2 Å². The van der Waals surface area contributed by atoms with Crippen LogP contribution in [0.3, 0.4) is 0 Å². The standard InChI is InChI=1S/C13H17FN2S/c1-9(11-4-5-11)16-13(17)15-8-10-2-6-12(14)7-3-10/h2-3,6-7,9,11H,4-5,8H2,1H3,(H2,15,16,17)/t9-/m1/s1. The highest BCUT2D eigenvalue weighted by Gasteiger charge is 2.28. The number of halogens is 1. The van der Waals surface area contributed by atoms with Gasteiger partial charge < -0.3 is 10.6 Å². The lowest BCUT2D eigenvalue weighted by Crippen LogP contribution is -2.41. The van der Waals surface area contributed by atoms with Crippen molar-refractivity contribution < 1.29 is 4.39 Å². The van der Waals surface area contributed by atoms with Crippen LogP contribution in [0.5, 0.6) is 0 Å². The van der Waals surface area contributed by atoms with Crippen LogP contribution in [-0.2, 0) is 6.54 Å². The fourth-order valence-corrected chi connectivity index (χ4v) is 2.01. The summed E-state index contributed by atoms with van der Waals surface area (Å²) in [7, 11) is 0. The summed E-state index contributed by atoms with van der Waals surface area (Å²) < 4.78 is 12.7. The molecule has 0 aliphatic heterocycles. The van der Waals surface area contributed by atoms with E-state index < -0.39 is 0 Å². The van der Waals surface area contributed by atoms with E-state index in [1.165, 1.54) is 25.0 Å². The Hall–Kier alpha value is -1.16. The molecular formula is C13H17FN2S. The van der Waals surface area contributed by atoms with Gasteiger partial charge in [0.2, 0.25) is 0 Å². The summed E-state index contributed by atoms with van der Waals surface area (Å²) >= 11 is 5.21. The van der Waals surface area contributed by atoms with Gasteiger partial charge in [0, 0.05) is 12.6 Å². The van der Waals surface area contributed by atoms with Crippen molar-refractivity contribution in [1.82, 2.24) is 10.6 Å². The molecule has 1 aromatic carbocycles. The van der Waals surface area contributed by atoms with E-state index >= 15 is 0 Å². The van der Waals surface area contributed by atoms with Crippen LogP contribution in [0.1, 0.15) is 25.3 Å². The zero-order chi connectivity index (χ0) is 12.3. The Morgan fingerprint density at radius 3 is 2.65 bits per heavy atom. The van der Waals surface area contributed by atoms with Crippen LogP contribution in [0, 0.1) is 11.7 Å². The highest BCUT2D eigenvalue weighted by Crippen LogP contribution is 2.32. The molecule has 2 nitrogen and oxygen atoms in total. The van der Waals surface area contributed by atoms with Crippen LogP contribution in [0.4, 0.5) is 4.39 Å². The van der Waals surface area contributed by atoms with E-state index in [1.54, 1.807) is 12.1 Å². The Morgan fingerprint density at radius 1 is 1.41 bits per heavy atom. The zero-order valence-corrected chi connectivity index (χ0v) is 10.7. The summed E-state index contributed by atoms with van der Waals surface area (Å²) in [6.45, 7) is 2.78. The maximum atomic E-state index is 12.7. The van der Waals surface area contributed by atoms with Crippen molar-refractivity contribution in [3.8, 4) is 0 Å². The molecule has 92 valence electrons. The Balaban J connectivity index is 1.73. The fourth-order valence-electron chi connectivity index (χ4n) is 1.76. The van der Waals surface area contributed by atoms with Gasteiger partial charge in [0.05, 0.1) is 0 Å². The quantitative estimate of drug-likeness (QED) is 0.805. The summed E-state index contributed by atoms with van der Waals surface area (Å²) in [5.74, 6) is 0.567. The molecule has 1 aromatic rings. The minimum absolute atomic E-state index is 0.211. The number of hydrogen-bond acceptors (Lipinski definition) is 1. The number of nitrogens with one attached hydrogen (secondary N) is 2. The molecule has 17 heavy (non-hydrogen) atoms. The highest BCUT2D eigenvalue weighted by molar-refractivity contribution is 7.80. The molecule has 4 heteroatoms. The molecule has 0 heterocycles. The van der Waals surface area contributed by atoms with Crippen molar-refractivity contribution >= 4 is 17.3 Å². The minimum atomic E-state index is -0.211. The Morgan fingerprint density at radius 2 is 2.06 bits per heavy atom. The average Bonchev–Trinajstić information content (AvgIpc) is 3.12. The third-order valence-electron chi connectivity index (χ3n) is 3.05. The molecule has 1 aliphatic rings. The zero-order valence-electron chi connectivity index (χ0n) is 9.87. The maximum Gasteiger partial charge on any atom is 0.166 e. The lowest BCUT2D eigenvalue weighted by atomic mass is 10.2. The summed E-state index contributed by atoms with van der Waals surface area (Å²) in [4.78, 5) is 0. The minimum Gasteiger partial charge on any atom is -0.360 e. The molecule has 0 radical (unpaired) electrons. The van der Waals surface area contributed by atoms with Crippen molar-refractivity contribution in [1.29, 1.82) is 0 Å². The van der Waals surface area contributed by atoms with Gasteiger partial charge in [0.15, 0.2) is 5.11 Å². The van der Waals surface area contributed by atoms with Crippen LogP contribution >= 0.6 is 12.2 Å². The second kappa shape index (κ2) is 5.45. The highest BCUT2D eigenvalue weighted by atomic mass is 32.1. The van der Waals surface area contributed by atoms with Gasteiger partial charge in [0.25, 0.3) is 0 Å². The lowest BCUT2D eigenvalue weighted by Gasteiger charge is -2.16. The molecule has 1 fully saturated rings. The summed E-state index contributed by atoms with van der Waals surface area (Å²) in [6, 6.07) is 6.88. The first-order valence-corrected chi connectivity index (χ1v) is 6.35. The van der Waals surface area contributed by atoms with Gasteiger partial charge in [-0.2, -0.15) is 0 Å². The number of hydrogen-bond donors (Lipinski definition) is 2. The smallest absolute Gasteiger partial charge is 0.166 e. The van der Waals surface area contributed by atoms with Crippen molar-refractivity contribution in [2.75, 3.05) is 0 Å². The van der Waals surface area contributed by atoms with Crippen LogP contribution < -0.4 is 10.6 Å². The van der Waals surface area contributed by atoms with Gasteiger partial charge >= 0.3 is 0 Å². The third-order valence-corrected chi connectivity index (χ3v) is 3.32. The molecule has 0 saturated heterocycles. The van der Waals surface area contributed by atoms with Crippen molar-refractivity contribution in [2.45, 2.75) is 32.4 Å². The summed E-state index contributed by atoms with van der Waals surface area (Å²) in [5.41, 5.74) is 1.02. The van der Waals surface area contributed by atoms with Crippen LogP contribution in [0.2, 0.25) is 0 Å². The first kappa shape index (κ1) is 12.3. The van der Waals surface area contributed by atoms with Crippen LogP contribution in [0.25, 0.3) is 0 Å². The molecule has 0 amide bonds. The predicted octanol–water partition coefficient (Wildman–Crippen LogP) is 2.59. The molecule has 0 bridgehead atoms. The molecule has 2 N–H and O–H groups in total. The van der Waals surface area contributed by atoms with E-state index in [4.69, 9.17) is 12.2 Å². The lowest BCUT2D eigenvalue weighted by molar-refractivity contribution is 0.580. The topological polar surface area (TPSA) is 24.1 Å². The normalized spacial score (nSPS) is 16.4. The number of benzene rings is 1. The van der Waals surface area contributed by atoms with Gasteiger partial charge in [0.1, 0.15) is 5.82 Å². The summed E-state index contributed by atoms with van der Waals surface area (Å²) in [6.07, 6.45) is 2.60. The number of thiocarbonyl (C=S) groups is 1. The van der Waals surface area contributed by atoms with E-state index in [0.717, 1.165) is 11.5 Å².